The van der Waals surface area contributed by atoms with Gasteiger partial charge in [-0.3, -0.25) is 19.7 Å². The van der Waals surface area contributed by atoms with E-state index in [1.165, 1.54) is 4.90 Å². The van der Waals surface area contributed by atoms with Gasteiger partial charge in [-0.1, -0.05) is 0 Å². The summed E-state index contributed by atoms with van der Waals surface area (Å²) in [5.74, 6) is -0.427. The van der Waals surface area contributed by atoms with Crippen LogP contribution >= 0.6 is 0 Å². The van der Waals surface area contributed by atoms with Crippen LogP contribution in [-0.4, -0.2) is 119 Å². The number of carbonyl (C=O) groups is 3. The molecule has 4 fully saturated rings. The number of hydrogen-bond acceptors (Lipinski definition) is 8. The molecule has 0 aromatic carbocycles. The van der Waals surface area contributed by atoms with E-state index in [0.717, 1.165) is 13.1 Å². The minimum Gasteiger partial charge on any atom is -0.444 e. The molecule has 4 atom stereocenters. The van der Waals surface area contributed by atoms with Crippen LogP contribution in [0.1, 0.15) is 40.0 Å². The van der Waals surface area contributed by atoms with Crippen molar-refractivity contribution in [2.45, 2.75) is 69.8 Å². The number of likely N-dealkylation sites (tertiary alicyclic amines) is 1. The number of nitrogens with zero attached hydrogens (tertiary/aromatic N) is 4. The fraction of sp³-hybridized carbons (Fsp3) is 0.857. The van der Waals surface area contributed by atoms with Crippen LogP contribution in [0.15, 0.2) is 0 Å². The molecule has 0 radical (unpaired) electrons. The summed E-state index contributed by atoms with van der Waals surface area (Å²) < 4.78 is 11.0. The van der Waals surface area contributed by atoms with Gasteiger partial charge >= 0.3 is 12.1 Å². The fourth-order valence-electron chi connectivity index (χ4n) is 5.00. The highest BCUT2D eigenvalue weighted by molar-refractivity contribution is 5.87. The molecule has 12 heteroatoms. The van der Waals surface area contributed by atoms with Crippen LogP contribution in [0.25, 0.3) is 0 Å². The summed E-state index contributed by atoms with van der Waals surface area (Å²) in [6.07, 6.45) is 1.30. The van der Waals surface area contributed by atoms with E-state index in [1.54, 1.807) is 4.90 Å². The van der Waals surface area contributed by atoms with Crippen molar-refractivity contribution in [3.63, 3.8) is 0 Å². The predicted molar refractivity (Wildman–Crippen MR) is 114 cm³/mol. The van der Waals surface area contributed by atoms with Gasteiger partial charge in [0.05, 0.1) is 31.9 Å². The second-order valence-corrected chi connectivity index (χ2v) is 10.1. The van der Waals surface area contributed by atoms with Crippen molar-refractivity contribution < 1.29 is 33.9 Å². The molecule has 0 aromatic rings. The molecule has 12 nitrogen and oxygen atoms in total. The SMILES string of the molecule is CC(C)(C)OC(=O)N1C[C@@H](N2CCOCC2)C[C@@H]1CONC(=O)[C@@H]1CC[C@@H]2CN1C(=O)N2O. The zero-order valence-corrected chi connectivity index (χ0v) is 19.6. The third-order valence-corrected chi connectivity index (χ3v) is 6.68. The third-order valence-electron chi connectivity index (χ3n) is 6.68. The van der Waals surface area contributed by atoms with Gasteiger partial charge < -0.3 is 19.3 Å². The van der Waals surface area contributed by atoms with Gasteiger partial charge in [0.1, 0.15) is 11.6 Å². The number of rotatable bonds is 5. The number of hydroxylamine groups is 3. The number of fused-ring (bicyclic) bond motifs is 2. The lowest BCUT2D eigenvalue weighted by atomic mass is 10.0. The average Bonchev–Trinajstić information content (AvgIpc) is 3.29. The minimum atomic E-state index is -0.683. The Morgan fingerprint density at radius 2 is 1.88 bits per heavy atom. The van der Waals surface area contributed by atoms with Gasteiger partial charge in [0, 0.05) is 32.2 Å². The number of morpholine rings is 1. The first-order valence-electron chi connectivity index (χ1n) is 11.7. The van der Waals surface area contributed by atoms with Gasteiger partial charge in [0.2, 0.25) is 0 Å². The van der Waals surface area contributed by atoms with Crippen molar-refractivity contribution in [2.75, 3.05) is 46.0 Å². The standard InChI is InChI=1S/C21H35N5O7/c1-21(2,3)33-20(29)24-12-15(23-6-8-31-9-7-23)10-16(24)13-32-22-18(27)17-5-4-14-11-25(17)19(28)26(14)30/h14-17,30H,4-13H2,1-3H3,(H,22,27)/t14-,15+,16-,17+/m1/s1. The van der Waals surface area contributed by atoms with Gasteiger partial charge in [-0.25, -0.2) is 20.1 Å². The van der Waals surface area contributed by atoms with Crippen LogP contribution in [0.2, 0.25) is 0 Å². The van der Waals surface area contributed by atoms with Gasteiger partial charge in [0.25, 0.3) is 5.91 Å². The number of hydrogen-bond donors (Lipinski definition) is 2. The first-order valence-corrected chi connectivity index (χ1v) is 11.7. The van der Waals surface area contributed by atoms with Gasteiger partial charge in [0.15, 0.2) is 0 Å². The molecule has 4 heterocycles. The van der Waals surface area contributed by atoms with Crippen molar-refractivity contribution in [3.05, 3.63) is 0 Å². The Kier molecular flexibility index (Phi) is 6.99. The van der Waals surface area contributed by atoms with Crippen molar-refractivity contribution in [3.8, 4) is 0 Å². The van der Waals surface area contributed by atoms with E-state index in [-0.39, 0.29) is 24.7 Å². The zero-order valence-electron chi connectivity index (χ0n) is 19.6. The summed E-state index contributed by atoms with van der Waals surface area (Å²) in [6, 6.07) is -1.60. The number of amides is 4. The number of nitrogens with one attached hydrogen (secondary N) is 1. The summed E-state index contributed by atoms with van der Waals surface area (Å²) in [4.78, 5) is 48.5. The molecule has 0 saturated carbocycles. The molecule has 0 unspecified atom stereocenters. The number of piperidine rings is 1. The van der Waals surface area contributed by atoms with E-state index in [0.29, 0.717) is 50.6 Å². The Morgan fingerprint density at radius 3 is 2.58 bits per heavy atom. The van der Waals surface area contributed by atoms with E-state index in [9.17, 15) is 19.6 Å². The highest BCUT2D eigenvalue weighted by Gasteiger charge is 2.47. The highest BCUT2D eigenvalue weighted by atomic mass is 16.7. The molecular weight excluding hydrogens is 434 g/mol. The molecule has 4 rings (SSSR count). The van der Waals surface area contributed by atoms with Crippen LogP contribution in [0, 0.1) is 0 Å². The lowest BCUT2D eigenvalue weighted by molar-refractivity contribution is -0.140. The first-order chi connectivity index (χ1) is 15.6. The molecule has 4 amide bonds. The van der Waals surface area contributed by atoms with Crippen LogP contribution in [-0.2, 0) is 19.1 Å². The van der Waals surface area contributed by atoms with Crippen LogP contribution in [0.4, 0.5) is 9.59 Å². The lowest BCUT2D eigenvalue weighted by Crippen LogP contribution is -2.50. The topological polar surface area (TPSA) is 124 Å². The molecule has 4 saturated heterocycles. The van der Waals surface area contributed by atoms with Crippen molar-refractivity contribution in [1.82, 2.24) is 25.2 Å². The van der Waals surface area contributed by atoms with Crippen LogP contribution in [0.3, 0.4) is 0 Å². The minimum absolute atomic E-state index is 0.112. The summed E-state index contributed by atoms with van der Waals surface area (Å²) in [5.41, 5.74) is 1.84. The molecule has 33 heavy (non-hydrogen) atoms. The molecule has 186 valence electrons. The molecule has 0 spiro atoms. The normalized spacial score (nSPS) is 30.7. The lowest BCUT2D eigenvalue weighted by Gasteiger charge is -2.32. The van der Waals surface area contributed by atoms with E-state index in [4.69, 9.17) is 14.3 Å². The smallest absolute Gasteiger partial charge is 0.410 e. The molecule has 2 bridgehead atoms. The molecular formula is C21H35N5O7. The summed E-state index contributed by atoms with van der Waals surface area (Å²) in [5, 5.41) is 10.5. The van der Waals surface area contributed by atoms with Gasteiger partial charge in [-0.05, 0) is 40.0 Å². The summed E-state index contributed by atoms with van der Waals surface area (Å²) >= 11 is 0. The Morgan fingerprint density at radius 1 is 1.15 bits per heavy atom. The molecule has 4 aliphatic heterocycles. The number of carbonyl (C=O) groups excluding carboxylic acids is 3. The molecule has 4 aliphatic rings. The second kappa shape index (κ2) is 9.61. The van der Waals surface area contributed by atoms with Crippen molar-refractivity contribution >= 4 is 18.0 Å². The van der Waals surface area contributed by atoms with Crippen LogP contribution in [0.5, 0.6) is 0 Å². The largest absolute Gasteiger partial charge is 0.444 e. The van der Waals surface area contributed by atoms with Gasteiger partial charge in [-0.15, -0.1) is 0 Å². The fourth-order valence-corrected chi connectivity index (χ4v) is 5.00. The van der Waals surface area contributed by atoms with E-state index in [1.807, 2.05) is 20.8 Å². The van der Waals surface area contributed by atoms with Crippen LogP contribution < -0.4 is 5.48 Å². The molecule has 2 N–H and O–H groups in total. The average molecular weight is 470 g/mol. The Balaban J connectivity index is 1.33. The second-order valence-electron chi connectivity index (χ2n) is 10.1. The van der Waals surface area contributed by atoms with E-state index in [2.05, 4.69) is 10.4 Å². The quantitative estimate of drug-likeness (QED) is 0.438. The number of urea groups is 1. The summed E-state index contributed by atoms with van der Waals surface area (Å²) in [6.45, 7) is 9.40. The van der Waals surface area contributed by atoms with Crippen molar-refractivity contribution in [2.24, 2.45) is 0 Å². The highest BCUT2D eigenvalue weighted by Crippen LogP contribution is 2.29. The Bertz CT molecular complexity index is 754. The Hall–Kier alpha value is -2.15. The predicted octanol–water partition coefficient (Wildman–Crippen LogP) is 0.402. The molecule has 0 aliphatic carbocycles. The first kappa shape index (κ1) is 24.0. The maximum atomic E-state index is 12.8. The third kappa shape index (κ3) is 5.34. The molecule has 0 aromatic heterocycles. The monoisotopic (exact) mass is 469 g/mol. The van der Waals surface area contributed by atoms with E-state index >= 15 is 0 Å². The zero-order chi connectivity index (χ0) is 23.8. The Labute approximate surface area is 193 Å². The maximum absolute atomic E-state index is 12.8. The summed E-state index contributed by atoms with van der Waals surface area (Å²) in [7, 11) is 0. The maximum Gasteiger partial charge on any atom is 0.410 e. The van der Waals surface area contributed by atoms with E-state index < -0.39 is 29.7 Å². The number of ether oxygens (including phenoxy) is 2. The van der Waals surface area contributed by atoms with Crippen molar-refractivity contribution in [1.29, 1.82) is 0 Å². The van der Waals surface area contributed by atoms with Gasteiger partial charge in [-0.2, -0.15) is 0 Å².